The van der Waals surface area contributed by atoms with Gasteiger partial charge in [-0.2, -0.15) is 13.2 Å². The number of carbonyl (C=O) groups is 1. The third kappa shape index (κ3) is 6.59. The number of likely N-dealkylation sites (N-methyl/N-ethyl adjacent to an activating group) is 1. The Morgan fingerprint density at radius 3 is 2.35 bits per heavy atom. The Morgan fingerprint density at radius 2 is 1.84 bits per heavy atom. The van der Waals surface area contributed by atoms with E-state index in [1.54, 1.807) is 6.07 Å². The van der Waals surface area contributed by atoms with Crippen molar-refractivity contribution in [1.29, 1.82) is 0 Å². The minimum absolute atomic E-state index is 0.00688. The van der Waals surface area contributed by atoms with Crippen molar-refractivity contribution in [3.63, 3.8) is 0 Å². The molecule has 1 N–H and O–H groups in total. The number of allylic oxidation sites excluding steroid dienone is 2. The number of hydrogen-bond donors (Lipinski definition) is 1. The molecule has 2 heterocycles. The van der Waals surface area contributed by atoms with Gasteiger partial charge in [0.05, 0.1) is 5.69 Å². The average molecular weight is 440 g/mol. The molecule has 5 nitrogen and oxygen atoms in total. The summed E-state index contributed by atoms with van der Waals surface area (Å²) in [6.45, 7) is 4.01. The Kier molecular flexibility index (Phi) is 7.14. The molecule has 10 heteroatoms. The number of halogens is 5. The lowest BCUT2D eigenvalue weighted by Gasteiger charge is -2.19. The number of hydrogen-bond acceptors (Lipinski definition) is 4. The number of alkyl halides is 5. The Bertz CT molecular complexity index is 976. The minimum Gasteiger partial charge on any atom is -0.373 e. The Morgan fingerprint density at radius 1 is 1.16 bits per heavy atom. The normalized spacial score (nSPS) is 12.5. The number of nitrogens with zero attached hydrogens (tertiary/aromatic N) is 3. The van der Waals surface area contributed by atoms with Crippen LogP contribution in [0.25, 0.3) is 11.3 Å². The molecular formula is C21H21F5N4O. The highest BCUT2D eigenvalue weighted by molar-refractivity contribution is 5.93. The molecule has 0 atom stereocenters. The molecule has 0 saturated heterocycles. The van der Waals surface area contributed by atoms with E-state index in [2.05, 4.69) is 21.9 Å². The van der Waals surface area contributed by atoms with Crippen LogP contribution in [0.4, 0.5) is 22.0 Å². The smallest absolute Gasteiger partial charge is 0.373 e. The number of pyridine rings is 2. The van der Waals surface area contributed by atoms with Crippen LogP contribution in [0.15, 0.2) is 60.6 Å². The summed E-state index contributed by atoms with van der Waals surface area (Å²) in [4.78, 5) is 21.2. The van der Waals surface area contributed by atoms with E-state index in [1.165, 1.54) is 37.3 Å². The van der Waals surface area contributed by atoms with Crippen LogP contribution in [-0.2, 0) is 17.5 Å². The van der Waals surface area contributed by atoms with Gasteiger partial charge in [0.2, 0.25) is 0 Å². The molecule has 2 aromatic rings. The maximum absolute atomic E-state index is 13.4. The molecule has 0 spiro atoms. The Hall–Kier alpha value is -3.30. The zero-order valence-electron chi connectivity index (χ0n) is 17.1. The first-order valence-electron chi connectivity index (χ1n) is 9.02. The van der Waals surface area contributed by atoms with Crippen molar-refractivity contribution in [3.05, 3.63) is 71.8 Å². The van der Waals surface area contributed by atoms with Gasteiger partial charge in [-0.25, -0.2) is 8.78 Å². The van der Waals surface area contributed by atoms with Gasteiger partial charge in [-0.15, -0.1) is 0 Å². The number of nitrogens with one attached hydrogen (secondary N) is 1. The van der Waals surface area contributed by atoms with Crippen molar-refractivity contribution in [2.24, 2.45) is 0 Å². The topological polar surface area (TPSA) is 58.1 Å². The van der Waals surface area contributed by atoms with Crippen LogP contribution >= 0.6 is 0 Å². The van der Waals surface area contributed by atoms with Crippen molar-refractivity contribution >= 4 is 5.91 Å². The highest BCUT2D eigenvalue weighted by atomic mass is 19.4. The van der Waals surface area contributed by atoms with Gasteiger partial charge in [0, 0.05) is 51.1 Å². The molecule has 1 amide bonds. The van der Waals surface area contributed by atoms with E-state index in [-0.39, 0.29) is 17.8 Å². The summed E-state index contributed by atoms with van der Waals surface area (Å²) >= 11 is 0. The van der Waals surface area contributed by atoms with Crippen molar-refractivity contribution in [2.45, 2.75) is 25.6 Å². The zero-order chi connectivity index (χ0) is 23.4. The Labute approximate surface area is 176 Å². The highest BCUT2D eigenvalue weighted by Crippen LogP contribution is 2.30. The van der Waals surface area contributed by atoms with Gasteiger partial charge >= 0.3 is 6.18 Å². The molecule has 0 radical (unpaired) electrons. The van der Waals surface area contributed by atoms with Crippen LogP contribution < -0.4 is 5.32 Å². The standard InChI is InChI=1S/C21H21F5N4O/c1-13(20(2,22)23)9-17(30(3)4)19(31)29-12-14-5-6-16(28-11-14)15-7-8-27-18(10-15)21(24,25)26/h5-11H,1,12H2,2-4H3,(H,29,31)/b17-9-. The molecule has 2 rings (SSSR count). The third-order valence-electron chi connectivity index (χ3n) is 4.21. The van der Waals surface area contributed by atoms with Crippen molar-refractivity contribution in [3.8, 4) is 11.3 Å². The summed E-state index contributed by atoms with van der Waals surface area (Å²) in [6, 6.07) is 5.41. The summed E-state index contributed by atoms with van der Waals surface area (Å²) < 4.78 is 65.1. The van der Waals surface area contributed by atoms with Gasteiger partial charge in [-0.3, -0.25) is 14.8 Å². The maximum Gasteiger partial charge on any atom is 0.433 e. The van der Waals surface area contributed by atoms with Gasteiger partial charge in [-0.1, -0.05) is 12.6 Å². The molecular weight excluding hydrogens is 419 g/mol. The van der Waals surface area contributed by atoms with Crippen molar-refractivity contribution < 1.29 is 26.7 Å². The van der Waals surface area contributed by atoms with Crippen LogP contribution in [0.5, 0.6) is 0 Å². The number of aromatic nitrogens is 2. The lowest BCUT2D eigenvalue weighted by molar-refractivity contribution is -0.141. The summed E-state index contributed by atoms with van der Waals surface area (Å²) in [7, 11) is 3.07. The third-order valence-corrected chi connectivity index (χ3v) is 4.21. The van der Waals surface area contributed by atoms with E-state index in [9.17, 15) is 26.7 Å². The second-order valence-corrected chi connectivity index (χ2v) is 7.00. The predicted molar refractivity (Wildman–Crippen MR) is 106 cm³/mol. The highest BCUT2D eigenvalue weighted by Gasteiger charge is 2.32. The summed E-state index contributed by atoms with van der Waals surface area (Å²) in [5.74, 6) is -3.76. The van der Waals surface area contributed by atoms with Gasteiger partial charge < -0.3 is 10.2 Å². The summed E-state index contributed by atoms with van der Waals surface area (Å²) in [6.07, 6.45) is -1.10. The van der Waals surface area contributed by atoms with Crippen LogP contribution in [0.1, 0.15) is 18.2 Å². The minimum atomic E-state index is -4.56. The number of amides is 1. The number of rotatable bonds is 7. The maximum atomic E-state index is 13.4. The molecule has 0 aromatic carbocycles. The lowest BCUT2D eigenvalue weighted by Crippen LogP contribution is -2.31. The monoisotopic (exact) mass is 440 g/mol. The van der Waals surface area contributed by atoms with E-state index in [0.717, 1.165) is 18.3 Å². The molecule has 0 aliphatic rings. The molecule has 0 saturated carbocycles. The molecule has 0 bridgehead atoms. The van der Waals surface area contributed by atoms with Crippen molar-refractivity contribution in [2.75, 3.05) is 14.1 Å². The first-order valence-corrected chi connectivity index (χ1v) is 9.02. The molecule has 0 fully saturated rings. The van der Waals surface area contributed by atoms with Gasteiger partial charge in [0.15, 0.2) is 0 Å². The van der Waals surface area contributed by atoms with Crippen LogP contribution in [0.2, 0.25) is 0 Å². The van der Waals surface area contributed by atoms with E-state index in [0.29, 0.717) is 18.2 Å². The lowest BCUT2D eigenvalue weighted by atomic mass is 10.1. The van der Waals surface area contributed by atoms with Crippen LogP contribution in [-0.4, -0.2) is 40.8 Å². The first kappa shape index (κ1) is 24.0. The first-order chi connectivity index (χ1) is 14.3. The SMILES string of the molecule is C=C(/C=C(/C(=O)NCc1ccc(-c2ccnc(C(F)(F)F)c2)nc1)N(C)C)C(C)(F)F. The van der Waals surface area contributed by atoms with Gasteiger partial charge in [-0.05, 0) is 29.8 Å². The molecule has 166 valence electrons. The predicted octanol–water partition coefficient (Wildman–Crippen LogP) is 4.44. The van der Waals surface area contributed by atoms with Gasteiger partial charge in [0.1, 0.15) is 11.4 Å². The molecule has 0 unspecified atom stereocenters. The van der Waals surface area contributed by atoms with Crippen molar-refractivity contribution in [1.82, 2.24) is 20.2 Å². The second-order valence-electron chi connectivity index (χ2n) is 7.00. The zero-order valence-corrected chi connectivity index (χ0v) is 17.1. The fraction of sp³-hybridized carbons (Fsp3) is 0.286. The average Bonchev–Trinajstić information content (AvgIpc) is 2.69. The molecule has 31 heavy (non-hydrogen) atoms. The summed E-state index contributed by atoms with van der Waals surface area (Å²) in [5, 5.41) is 2.59. The van der Waals surface area contributed by atoms with Gasteiger partial charge in [0.25, 0.3) is 11.8 Å². The fourth-order valence-electron chi connectivity index (χ4n) is 2.41. The fourth-order valence-corrected chi connectivity index (χ4v) is 2.41. The van der Waals surface area contributed by atoms with E-state index in [4.69, 9.17) is 0 Å². The van der Waals surface area contributed by atoms with E-state index >= 15 is 0 Å². The Balaban J connectivity index is 2.11. The van der Waals surface area contributed by atoms with Crippen LogP contribution in [0.3, 0.4) is 0 Å². The second kappa shape index (κ2) is 9.23. The van der Waals surface area contributed by atoms with E-state index < -0.39 is 29.3 Å². The largest absolute Gasteiger partial charge is 0.433 e. The number of carbonyl (C=O) groups excluding carboxylic acids is 1. The summed E-state index contributed by atoms with van der Waals surface area (Å²) in [5.41, 5.74) is -0.418. The van der Waals surface area contributed by atoms with E-state index in [1.807, 2.05) is 0 Å². The molecule has 0 aliphatic heterocycles. The molecule has 0 aliphatic carbocycles. The quantitative estimate of drug-likeness (QED) is 0.393. The molecule has 2 aromatic heterocycles. The van der Waals surface area contributed by atoms with Crippen LogP contribution in [0, 0.1) is 0 Å².